The highest BCUT2D eigenvalue weighted by molar-refractivity contribution is 7.89. The van der Waals surface area contributed by atoms with Crippen molar-refractivity contribution in [1.29, 1.82) is 0 Å². The number of nitrogens with zero attached hydrogens (tertiary/aromatic N) is 2. The summed E-state index contributed by atoms with van der Waals surface area (Å²) < 4.78 is 27.5. The van der Waals surface area contributed by atoms with Gasteiger partial charge in [-0.05, 0) is 43.2 Å². The molecule has 128 valence electrons. The maximum atomic E-state index is 12.9. The Labute approximate surface area is 139 Å². The number of piperidine rings is 1. The molecular formula is C17H27N3O2S. The van der Waals surface area contributed by atoms with Gasteiger partial charge in [-0.25, -0.2) is 13.4 Å². The second-order valence-electron chi connectivity index (χ2n) is 7.19. The van der Waals surface area contributed by atoms with E-state index in [9.17, 15) is 8.42 Å². The Morgan fingerprint density at radius 2 is 1.87 bits per heavy atom. The Balaban J connectivity index is 1.79. The molecule has 1 aromatic rings. The molecule has 0 spiro atoms. The van der Waals surface area contributed by atoms with E-state index in [1.165, 1.54) is 25.7 Å². The molecule has 0 unspecified atom stereocenters. The molecule has 1 aromatic heterocycles. The number of nitrogens with one attached hydrogen (secondary N) is 1. The van der Waals surface area contributed by atoms with Gasteiger partial charge in [0.15, 0.2) is 0 Å². The average molecular weight is 337 g/mol. The fourth-order valence-electron chi connectivity index (χ4n) is 3.68. The molecule has 1 saturated carbocycles. The van der Waals surface area contributed by atoms with Crippen molar-refractivity contribution in [2.45, 2.75) is 56.8 Å². The Morgan fingerprint density at radius 3 is 2.57 bits per heavy atom. The number of sulfonamides is 1. The first-order valence-corrected chi connectivity index (χ1v) is 10.1. The molecule has 0 bridgehead atoms. The fraction of sp³-hybridized carbons (Fsp3) is 0.706. The predicted octanol–water partition coefficient (Wildman–Crippen LogP) is 3.25. The van der Waals surface area contributed by atoms with Crippen LogP contribution in [-0.2, 0) is 10.0 Å². The lowest BCUT2D eigenvalue weighted by Crippen LogP contribution is -2.36. The largest absolute Gasteiger partial charge is 0.368 e. The highest BCUT2D eigenvalue weighted by Crippen LogP contribution is 2.37. The molecule has 0 amide bonds. The molecule has 0 aromatic carbocycles. The smallest absolute Gasteiger partial charge is 0.246 e. The van der Waals surface area contributed by atoms with Gasteiger partial charge in [0.25, 0.3) is 0 Å². The SMILES string of the molecule is CC1(CNc2ncccc2S(=O)(=O)N2CCCCC2)CCCC1. The lowest BCUT2D eigenvalue weighted by atomic mass is 9.89. The quantitative estimate of drug-likeness (QED) is 0.896. The lowest BCUT2D eigenvalue weighted by Gasteiger charge is -2.28. The van der Waals surface area contributed by atoms with E-state index < -0.39 is 10.0 Å². The highest BCUT2D eigenvalue weighted by atomic mass is 32.2. The summed E-state index contributed by atoms with van der Waals surface area (Å²) >= 11 is 0. The molecule has 1 aliphatic heterocycles. The summed E-state index contributed by atoms with van der Waals surface area (Å²) in [6, 6.07) is 3.38. The van der Waals surface area contributed by atoms with E-state index in [4.69, 9.17) is 0 Å². The third-order valence-electron chi connectivity index (χ3n) is 5.20. The second kappa shape index (κ2) is 6.77. The fourth-order valence-corrected chi connectivity index (χ4v) is 5.32. The van der Waals surface area contributed by atoms with Gasteiger partial charge in [0, 0.05) is 25.8 Å². The first-order chi connectivity index (χ1) is 11.0. The van der Waals surface area contributed by atoms with Crippen LogP contribution in [0, 0.1) is 5.41 Å². The summed E-state index contributed by atoms with van der Waals surface area (Å²) in [5, 5.41) is 3.32. The van der Waals surface area contributed by atoms with Crippen LogP contribution in [0.3, 0.4) is 0 Å². The monoisotopic (exact) mass is 337 g/mol. The van der Waals surface area contributed by atoms with Crippen molar-refractivity contribution in [2.75, 3.05) is 25.0 Å². The third-order valence-corrected chi connectivity index (χ3v) is 7.13. The third kappa shape index (κ3) is 3.69. The van der Waals surface area contributed by atoms with E-state index in [1.54, 1.807) is 22.6 Å². The molecule has 6 heteroatoms. The van der Waals surface area contributed by atoms with E-state index >= 15 is 0 Å². The van der Waals surface area contributed by atoms with Gasteiger partial charge in [0.2, 0.25) is 10.0 Å². The van der Waals surface area contributed by atoms with E-state index in [2.05, 4.69) is 17.2 Å². The summed E-state index contributed by atoms with van der Waals surface area (Å²) in [5.74, 6) is 0.506. The van der Waals surface area contributed by atoms with Crippen molar-refractivity contribution < 1.29 is 8.42 Å². The maximum Gasteiger partial charge on any atom is 0.246 e. The summed E-state index contributed by atoms with van der Waals surface area (Å²) in [6.07, 6.45) is 9.58. The molecule has 2 heterocycles. The minimum absolute atomic E-state index is 0.254. The van der Waals surface area contributed by atoms with Gasteiger partial charge in [0.05, 0.1) is 0 Å². The van der Waals surface area contributed by atoms with E-state index in [0.717, 1.165) is 25.8 Å². The zero-order valence-electron chi connectivity index (χ0n) is 13.9. The van der Waals surface area contributed by atoms with Crippen molar-refractivity contribution in [3.8, 4) is 0 Å². The zero-order valence-corrected chi connectivity index (χ0v) is 14.7. The number of pyridine rings is 1. The van der Waals surface area contributed by atoms with Gasteiger partial charge in [-0.1, -0.05) is 26.2 Å². The van der Waals surface area contributed by atoms with E-state index in [1.807, 2.05) is 0 Å². The normalized spacial score (nSPS) is 22.1. The molecule has 0 radical (unpaired) electrons. The number of hydrogen-bond acceptors (Lipinski definition) is 4. The van der Waals surface area contributed by atoms with Gasteiger partial charge in [-0.3, -0.25) is 0 Å². The molecule has 0 atom stereocenters. The van der Waals surface area contributed by atoms with E-state index in [-0.39, 0.29) is 5.41 Å². The van der Waals surface area contributed by atoms with Gasteiger partial charge in [0.1, 0.15) is 10.7 Å². The molecule has 1 aliphatic carbocycles. The second-order valence-corrected chi connectivity index (χ2v) is 9.09. The molecule has 5 nitrogen and oxygen atoms in total. The topological polar surface area (TPSA) is 62.3 Å². The van der Waals surface area contributed by atoms with Crippen LogP contribution in [0.2, 0.25) is 0 Å². The van der Waals surface area contributed by atoms with Crippen LogP contribution in [0.5, 0.6) is 0 Å². The van der Waals surface area contributed by atoms with Crippen molar-refractivity contribution in [3.63, 3.8) is 0 Å². The first kappa shape index (κ1) is 16.7. The van der Waals surface area contributed by atoms with Crippen LogP contribution in [0.15, 0.2) is 23.2 Å². The number of rotatable bonds is 5. The Kier molecular flexibility index (Phi) is 4.92. The highest BCUT2D eigenvalue weighted by Gasteiger charge is 2.31. The van der Waals surface area contributed by atoms with E-state index in [0.29, 0.717) is 23.8 Å². The molecule has 3 rings (SSSR count). The zero-order chi connectivity index (χ0) is 16.3. The standard InChI is InChI=1S/C17H27N3O2S/c1-17(9-3-4-10-17)14-19-16-15(8-7-11-18-16)23(21,22)20-12-5-2-6-13-20/h7-8,11H,2-6,9-10,12-14H2,1H3,(H,18,19). The minimum atomic E-state index is -3.45. The molecule has 1 N–H and O–H groups in total. The Bertz CT molecular complexity index is 633. The Hall–Kier alpha value is -1.14. The van der Waals surface area contributed by atoms with Crippen molar-refractivity contribution in [3.05, 3.63) is 18.3 Å². The molecule has 1 saturated heterocycles. The average Bonchev–Trinajstić information content (AvgIpc) is 3.01. The van der Waals surface area contributed by atoms with Crippen molar-refractivity contribution in [1.82, 2.24) is 9.29 Å². The molecule has 2 aliphatic rings. The minimum Gasteiger partial charge on any atom is -0.368 e. The summed E-state index contributed by atoms with van der Waals surface area (Å²) in [7, 11) is -3.45. The summed E-state index contributed by atoms with van der Waals surface area (Å²) in [4.78, 5) is 4.64. The van der Waals surface area contributed by atoms with Crippen LogP contribution >= 0.6 is 0 Å². The van der Waals surface area contributed by atoms with Crippen LogP contribution in [0.25, 0.3) is 0 Å². The molecule has 23 heavy (non-hydrogen) atoms. The first-order valence-electron chi connectivity index (χ1n) is 8.70. The van der Waals surface area contributed by atoms with Crippen molar-refractivity contribution >= 4 is 15.8 Å². The summed E-state index contributed by atoms with van der Waals surface area (Å²) in [6.45, 7) is 4.30. The molecule has 2 fully saturated rings. The maximum absolute atomic E-state index is 12.9. The predicted molar refractivity (Wildman–Crippen MR) is 91.9 cm³/mol. The van der Waals surface area contributed by atoms with Gasteiger partial charge in [-0.2, -0.15) is 4.31 Å². The summed E-state index contributed by atoms with van der Waals surface area (Å²) in [5.41, 5.74) is 0.254. The number of anilines is 1. The van der Waals surface area contributed by atoms with Crippen LogP contribution in [0.4, 0.5) is 5.82 Å². The van der Waals surface area contributed by atoms with Crippen molar-refractivity contribution in [2.24, 2.45) is 5.41 Å². The Morgan fingerprint density at radius 1 is 1.17 bits per heavy atom. The number of aromatic nitrogens is 1. The van der Waals surface area contributed by atoms with Crippen LogP contribution in [-0.4, -0.2) is 37.3 Å². The van der Waals surface area contributed by atoms with Gasteiger partial charge in [-0.15, -0.1) is 0 Å². The van der Waals surface area contributed by atoms with Gasteiger partial charge < -0.3 is 5.32 Å². The van der Waals surface area contributed by atoms with Crippen LogP contribution < -0.4 is 5.32 Å². The lowest BCUT2D eigenvalue weighted by molar-refractivity contribution is 0.346. The number of hydrogen-bond donors (Lipinski definition) is 1. The van der Waals surface area contributed by atoms with Gasteiger partial charge >= 0.3 is 0 Å². The van der Waals surface area contributed by atoms with Crippen LogP contribution in [0.1, 0.15) is 51.9 Å². The molecular weight excluding hydrogens is 310 g/mol.